The molecular formula is C14H15ClN6OS2. The van der Waals surface area contributed by atoms with Gasteiger partial charge in [0.1, 0.15) is 11.6 Å². The molecule has 0 unspecified atom stereocenters. The predicted octanol–water partition coefficient (Wildman–Crippen LogP) is 2.87. The van der Waals surface area contributed by atoms with Gasteiger partial charge in [0.05, 0.1) is 5.69 Å². The fourth-order valence-electron chi connectivity index (χ4n) is 1.91. The minimum absolute atomic E-state index is 0.262. The van der Waals surface area contributed by atoms with E-state index in [4.69, 9.17) is 11.6 Å². The zero-order valence-electron chi connectivity index (χ0n) is 12.9. The maximum Gasteiger partial charge on any atom is 0.368 e. The van der Waals surface area contributed by atoms with E-state index in [-0.39, 0.29) is 12.2 Å². The van der Waals surface area contributed by atoms with E-state index in [9.17, 15) is 4.79 Å². The molecule has 1 aromatic carbocycles. The normalized spacial score (nSPS) is 11.1. The Labute approximate surface area is 151 Å². The lowest BCUT2D eigenvalue weighted by atomic mass is 10.3. The highest BCUT2D eigenvalue weighted by Gasteiger charge is 2.12. The summed E-state index contributed by atoms with van der Waals surface area (Å²) in [6.45, 7) is 2.42. The van der Waals surface area contributed by atoms with Crippen LogP contribution in [0.15, 0.2) is 33.4 Å². The number of halogens is 1. The number of benzene rings is 1. The van der Waals surface area contributed by atoms with Crippen molar-refractivity contribution in [3.63, 3.8) is 0 Å². The summed E-state index contributed by atoms with van der Waals surface area (Å²) >= 11 is 9.02. The van der Waals surface area contributed by atoms with Gasteiger partial charge in [-0.1, -0.05) is 48.0 Å². The molecule has 10 heteroatoms. The van der Waals surface area contributed by atoms with Crippen LogP contribution in [0.25, 0.3) is 5.69 Å². The molecule has 0 atom stereocenters. The Morgan fingerprint density at radius 1 is 1.21 bits per heavy atom. The van der Waals surface area contributed by atoms with E-state index in [0.29, 0.717) is 10.7 Å². The van der Waals surface area contributed by atoms with Crippen LogP contribution >= 0.6 is 34.7 Å². The predicted molar refractivity (Wildman–Crippen MR) is 95.3 cm³/mol. The van der Waals surface area contributed by atoms with Crippen LogP contribution in [-0.4, -0.2) is 35.7 Å². The molecule has 0 aliphatic carbocycles. The molecule has 0 saturated carbocycles. The minimum atomic E-state index is -0.326. The molecule has 0 bridgehead atoms. The van der Waals surface area contributed by atoms with Gasteiger partial charge in [0.15, 0.2) is 4.34 Å². The van der Waals surface area contributed by atoms with Crippen molar-refractivity contribution in [2.24, 2.45) is 0 Å². The lowest BCUT2D eigenvalue weighted by molar-refractivity contribution is 0.625. The van der Waals surface area contributed by atoms with Crippen molar-refractivity contribution >= 4 is 34.7 Å². The monoisotopic (exact) mass is 382 g/mol. The first kappa shape index (κ1) is 17.1. The minimum Gasteiger partial charge on any atom is -0.244 e. The summed E-state index contributed by atoms with van der Waals surface area (Å²) in [5, 5.41) is 17.4. The standard InChI is InChI=1S/C14H15ClN6OS2/c1-2-3-8-23-13-17-16-12(24-13)9-20-14(22)21(19-18-20)11-6-4-10(15)5-7-11/h4-7H,2-3,8-9H2,1H3. The van der Waals surface area contributed by atoms with E-state index in [2.05, 4.69) is 27.5 Å². The maximum absolute atomic E-state index is 12.4. The molecule has 2 aromatic heterocycles. The van der Waals surface area contributed by atoms with E-state index in [1.165, 1.54) is 20.7 Å². The molecule has 0 saturated heterocycles. The third-order valence-electron chi connectivity index (χ3n) is 3.17. The molecule has 0 aliphatic heterocycles. The summed E-state index contributed by atoms with van der Waals surface area (Å²) in [6.07, 6.45) is 2.30. The maximum atomic E-state index is 12.4. The van der Waals surface area contributed by atoms with Gasteiger partial charge < -0.3 is 0 Å². The van der Waals surface area contributed by atoms with E-state index in [1.54, 1.807) is 36.0 Å². The summed E-state index contributed by atoms with van der Waals surface area (Å²) in [5.41, 5.74) is 0.288. The molecule has 0 N–H and O–H groups in total. The summed E-state index contributed by atoms with van der Waals surface area (Å²) in [6, 6.07) is 6.84. The summed E-state index contributed by atoms with van der Waals surface area (Å²) < 4.78 is 3.42. The third-order valence-corrected chi connectivity index (χ3v) is 5.55. The highest BCUT2D eigenvalue weighted by molar-refractivity contribution is 8.01. The van der Waals surface area contributed by atoms with Gasteiger partial charge in [0, 0.05) is 10.8 Å². The van der Waals surface area contributed by atoms with Crippen LogP contribution in [0.1, 0.15) is 24.8 Å². The molecule has 24 heavy (non-hydrogen) atoms. The number of hydrogen-bond acceptors (Lipinski definition) is 7. The molecule has 3 aromatic rings. The summed E-state index contributed by atoms with van der Waals surface area (Å²) in [4.78, 5) is 12.4. The lowest BCUT2D eigenvalue weighted by Crippen LogP contribution is -2.24. The molecule has 0 radical (unpaired) electrons. The first-order valence-electron chi connectivity index (χ1n) is 7.41. The number of rotatable bonds is 7. The van der Waals surface area contributed by atoms with E-state index in [0.717, 1.165) is 27.9 Å². The van der Waals surface area contributed by atoms with E-state index in [1.807, 2.05) is 0 Å². The van der Waals surface area contributed by atoms with Crippen LogP contribution in [0.3, 0.4) is 0 Å². The lowest BCUT2D eigenvalue weighted by Gasteiger charge is -1.97. The Balaban J connectivity index is 1.72. The van der Waals surface area contributed by atoms with Crippen molar-refractivity contribution < 1.29 is 0 Å². The number of tetrazole rings is 1. The smallest absolute Gasteiger partial charge is 0.244 e. The first-order valence-corrected chi connectivity index (χ1v) is 9.59. The van der Waals surface area contributed by atoms with Crippen molar-refractivity contribution in [2.45, 2.75) is 30.6 Å². The molecule has 0 aliphatic rings. The SMILES string of the molecule is CCCCSc1nnc(Cn2nnn(-c3ccc(Cl)cc3)c2=O)s1. The molecule has 0 spiro atoms. The number of unbranched alkanes of at least 4 members (excludes halogenated alkanes) is 1. The Morgan fingerprint density at radius 2 is 2.00 bits per heavy atom. The van der Waals surface area contributed by atoms with Crippen LogP contribution < -0.4 is 5.69 Å². The quantitative estimate of drug-likeness (QED) is 0.462. The van der Waals surface area contributed by atoms with Crippen molar-refractivity contribution in [3.05, 3.63) is 44.8 Å². The third kappa shape index (κ3) is 4.03. The number of thioether (sulfide) groups is 1. The van der Waals surface area contributed by atoms with Crippen molar-refractivity contribution in [2.75, 3.05) is 5.75 Å². The Kier molecular flexibility index (Phi) is 5.64. The average Bonchev–Trinajstić information content (AvgIpc) is 3.17. The van der Waals surface area contributed by atoms with Crippen LogP contribution in [-0.2, 0) is 6.54 Å². The van der Waals surface area contributed by atoms with Gasteiger partial charge >= 0.3 is 5.69 Å². The van der Waals surface area contributed by atoms with Crippen LogP contribution in [0.5, 0.6) is 0 Å². The fraction of sp³-hybridized carbons (Fsp3) is 0.357. The second-order valence-electron chi connectivity index (χ2n) is 4.97. The van der Waals surface area contributed by atoms with Crippen LogP contribution in [0.2, 0.25) is 5.02 Å². The van der Waals surface area contributed by atoms with Gasteiger partial charge in [0.2, 0.25) is 0 Å². The van der Waals surface area contributed by atoms with Crippen molar-refractivity contribution in [1.82, 2.24) is 30.0 Å². The second kappa shape index (κ2) is 7.91. The summed E-state index contributed by atoms with van der Waals surface area (Å²) in [7, 11) is 0. The summed E-state index contributed by atoms with van der Waals surface area (Å²) in [5.74, 6) is 1.03. The van der Waals surface area contributed by atoms with Crippen molar-refractivity contribution in [1.29, 1.82) is 0 Å². The van der Waals surface area contributed by atoms with E-state index < -0.39 is 0 Å². The van der Waals surface area contributed by atoms with Gasteiger partial charge in [-0.25, -0.2) is 4.79 Å². The Morgan fingerprint density at radius 3 is 2.75 bits per heavy atom. The highest BCUT2D eigenvalue weighted by Crippen LogP contribution is 2.23. The zero-order valence-corrected chi connectivity index (χ0v) is 15.3. The van der Waals surface area contributed by atoms with E-state index >= 15 is 0 Å². The average molecular weight is 383 g/mol. The molecular weight excluding hydrogens is 368 g/mol. The number of nitrogens with zero attached hydrogens (tertiary/aromatic N) is 6. The molecule has 3 rings (SSSR count). The first-order chi connectivity index (χ1) is 11.7. The van der Waals surface area contributed by atoms with Gasteiger partial charge in [0.25, 0.3) is 0 Å². The van der Waals surface area contributed by atoms with Gasteiger partial charge in [-0.05, 0) is 41.1 Å². The number of aromatic nitrogens is 6. The van der Waals surface area contributed by atoms with Crippen molar-refractivity contribution in [3.8, 4) is 5.69 Å². The molecule has 126 valence electrons. The van der Waals surface area contributed by atoms with Gasteiger partial charge in [-0.3, -0.25) is 0 Å². The fourth-order valence-corrected chi connectivity index (χ4v) is 4.07. The molecule has 0 fully saturated rings. The van der Waals surface area contributed by atoms with Gasteiger partial charge in [-0.2, -0.15) is 9.36 Å². The highest BCUT2D eigenvalue weighted by atomic mass is 35.5. The Hall–Kier alpha value is -1.71. The molecule has 2 heterocycles. The van der Waals surface area contributed by atoms with Gasteiger partial charge in [-0.15, -0.1) is 10.2 Å². The largest absolute Gasteiger partial charge is 0.368 e. The Bertz CT molecular complexity index is 857. The molecule has 7 nitrogen and oxygen atoms in total. The number of hydrogen-bond donors (Lipinski definition) is 0. The zero-order chi connectivity index (χ0) is 16.9. The second-order valence-corrected chi connectivity index (χ2v) is 7.81. The molecule has 0 amide bonds. The topological polar surface area (TPSA) is 78.5 Å². The van der Waals surface area contributed by atoms with Crippen LogP contribution in [0, 0.1) is 0 Å². The van der Waals surface area contributed by atoms with Crippen LogP contribution in [0.4, 0.5) is 0 Å².